The van der Waals surface area contributed by atoms with Crippen molar-refractivity contribution in [3.63, 3.8) is 0 Å². The van der Waals surface area contributed by atoms with Gasteiger partial charge in [0.25, 0.3) is 0 Å². The van der Waals surface area contributed by atoms with Crippen molar-refractivity contribution in [1.82, 2.24) is 9.62 Å². The van der Waals surface area contributed by atoms with Crippen molar-refractivity contribution >= 4 is 16.0 Å². The fourth-order valence-electron chi connectivity index (χ4n) is 2.76. The van der Waals surface area contributed by atoms with Crippen molar-refractivity contribution in [3.05, 3.63) is 0 Å². The number of rotatable bonds is 2. The summed E-state index contributed by atoms with van der Waals surface area (Å²) in [5.74, 6) is -1.22. The highest BCUT2D eigenvalue weighted by molar-refractivity contribution is 7.90. The van der Waals surface area contributed by atoms with Gasteiger partial charge in [-0.3, -0.25) is 4.79 Å². The molecule has 2 atom stereocenters. The minimum atomic E-state index is -3.69. The second-order valence-corrected chi connectivity index (χ2v) is 7.05. The molecule has 2 heterocycles. The molecule has 0 saturated carbocycles. The first-order valence-corrected chi connectivity index (χ1v) is 7.98. The van der Waals surface area contributed by atoms with Gasteiger partial charge >= 0.3 is 5.97 Å². The lowest BCUT2D eigenvalue weighted by Crippen LogP contribution is -2.53. The van der Waals surface area contributed by atoms with Crippen LogP contribution >= 0.6 is 0 Å². The average Bonchev–Trinajstić information content (AvgIpc) is 2.56. The van der Waals surface area contributed by atoms with Crippen molar-refractivity contribution in [1.29, 1.82) is 0 Å². The topological polar surface area (TPSA) is 86.7 Å². The highest BCUT2D eigenvalue weighted by Crippen LogP contribution is 2.26. The molecule has 2 N–H and O–H groups in total. The lowest BCUT2D eigenvalue weighted by Gasteiger charge is -2.35. The fraction of sp³-hybridized carbons (Fsp3) is 0.909. The summed E-state index contributed by atoms with van der Waals surface area (Å²) in [4.78, 5) is 11.0. The molecule has 0 aromatic heterocycles. The van der Waals surface area contributed by atoms with Gasteiger partial charge in [0.05, 0.1) is 0 Å². The van der Waals surface area contributed by atoms with Crippen LogP contribution in [-0.2, 0) is 14.8 Å². The fourth-order valence-corrected chi connectivity index (χ4v) is 4.79. The third-order valence-corrected chi connectivity index (χ3v) is 6.03. The standard InChI is InChI=1S/C11H20N2O4S/c14-11(15)10-5-3-7-13(18(10,16)17)9-4-1-2-6-12-8-9/h9-10,12H,1-8H2,(H,14,15). The highest BCUT2D eigenvalue weighted by Gasteiger charge is 2.43. The molecule has 6 nitrogen and oxygen atoms in total. The van der Waals surface area contributed by atoms with Gasteiger partial charge in [-0.15, -0.1) is 0 Å². The van der Waals surface area contributed by atoms with Crippen LogP contribution in [0.5, 0.6) is 0 Å². The molecule has 0 amide bonds. The van der Waals surface area contributed by atoms with E-state index in [1.54, 1.807) is 0 Å². The molecule has 2 unspecified atom stereocenters. The zero-order chi connectivity index (χ0) is 13.2. The van der Waals surface area contributed by atoms with Crippen LogP contribution in [0.15, 0.2) is 0 Å². The summed E-state index contributed by atoms with van der Waals surface area (Å²) in [6, 6.07) is -0.0837. The maximum absolute atomic E-state index is 12.3. The number of sulfonamides is 1. The quantitative estimate of drug-likeness (QED) is 0.742. The molecule has 7 heteroatoms. The summed E-state index contributed by atoms with van der Waals surface area (Å²) in [6.45, 7) is 2.00. The van der Waals surface area contributed by atoms with E-state index in [1.165, 1.54) is 4.31 Å². The van der Waals surface area contributed by atoms with Gasteiger partial charge < -0.3 is 10.4 Å². The van der Waals surface area contributed by atoms with E-state index in [0.717, 1.165) is 25.8 Å². The molecule has 2 fully saturated rings. The zero-order valence-corrected chi connectivity index (χ0v) is 11.2. The highest BCUT2D eigenvalue weighted by atomic mass is 32.2. The lowest BCUT2D eigenvalue weighted by atomic mass is 10.1. The van der Waals surface area contributed by atoms with E-state index in [2.05, 4.69) is 5.32 Å². The smallest absolute Gasteiger partial charge is 0.323 e. The largest absolute Gasteiger partial charge is 0.480 e. The number of nitrogens with one attached hydrogen (secondary N) is 1. The summed E-state index contributed by atoms with van der Waals surface area (Å²) in [7, 11) is -3.69. The molecule has 0 radical (unpaired) electrons. The Hall–Kier alpha value is -0.660. The van der Waals surface area contributed by atoms with Crippen molar-refractivity contribution in [3.8, 4) is 0 Å². The first-order valence-electron chi connectivity index (χ1n) is 6.47. The molecule has 2 saturated heterocycles. The van der Waals surface area contributed by atoms with Gasteiger partial charge in [-0.25, -0.2) is 8.42 Å². The molecule has 2 aliphatic heterocycles. The van der Waals surface area contributed by atoms with Crippen LogP contribution in [0.25, 0.3) is 0 Å². The third kappa shape index (κ3) is 2.67. The van der Waals surface area contributed by atoms with E-state index >= 15 is 0 Å². The summed E-state index contributed by atoms with van der Waals surface area (Å²) in [6.07, 6.45) is 3.72. The van der Waals surface area contributed by atoms with Gasteiger partial charge in [-0.1, -0.05) is 6.42 Å². The van der Waals surface area contributed by atoms with E-state index < -0.39 is 21.2 Å². The molecule has 2 rings (SSSR count). The van der Waals surface area contributed by atoms with Crippen LogP contribution in [0, 0.1) is 0 Å². The Kier molecular flexibility index (Phi) is 4.24. The Morgan fingerprint density at radius 1 is 1.22 bits per heavy atom. The summed E-state index contributed by atoms with van der Waals surface area (Å²) in [5, 5.41) is 11.0. The molecule has 0 aromatic rings. The van der Waals surface area contributed by atoms with Crippen LogP contribution in [0.3, 0.4) is 0 Å². The van der Waals surface area contributed by atoms with Crippen LogP contribution in [-0.4, -0.2) is 54.7 Å². The van der Waals surface area contributed by atoms with E-state index in [9.17, 15) is 13.2 Å². The molecule has 2 aliphatic rings. The molecule has 18 heavy (non-hydrogen) atoms. The predicted molar refractivity (Wildman–Crippen MR) is 66.8 cm³/mol. The Bertz CT molecular complexity index is 401. The minimum absolute atomic E-state index is 0.0837. The molecule has 104 valence electrons. The molecule has 0 spiro atoms. The van der Waals surface area contributed by atoms with Crippen LogP contribution < -0.4 is 5.32 Å². The van der Waals surface area contributed by atoms with Crippen molar-refractivity contribution in [2.75, 3.05) is 19.6 Å². The predicted octanol–water partition coefficient (Wildman–Crippen LogP) is 0.00730. The van der Waals surface area contributed by atoms with Crippen LogP contribution in [0.1, 0.15) is 32.1 Å². The van der Waals surface area contributed by atoms with Gasteiger partial charge in [0.2, 0.25) is 10.0 Å². The number of hydrogen-bond acceptors (Lipinski definition) is 4. The first kappa shape index (κ1) is 13.8. The SMILES string of the molecule is O=C(O)C1CCCN(C2CCCCNC2)S1(=O)=O. The van der Waals surface area contributed by atoms with Crippen LogP contribution in [0.4, 0.5) is 0 Å². The Labute approximate surface area is 107 Å². The maximum Gasteiger partial charge on any atom is 0.323 e. The Morgan fingerprint density at radius 2 is 2.00 bits per heavy atom. The number of carbonyl (C=O) groups is 1. The number of aliphatic carboxylic acids is 1. The lowest BCUT2D eigenvalue weighted by molar-refractivity contribution is -0.136. The average molecular weight is 276 g/mol. The van der Waals surface area contributed by atoms with E-state index in [1.807, 2.05) is 0 Å². The molecule has 0 aromatic carbocycles. The number of carboxylic acids is 1. The number of hydrogen-bond donors (Lipinski definition) is 2. The molecule has 0 bridgehead atoms. The van der Waals surface area contributed by atoms with Gasteiger partial charge in [0, 0.05) is 19.1 Å². The third-order valence-electron chi connectivity index (χ3n) is 3.73. The van der Waals surface area contributed by atoms with Gasteiger partial charge in [0.15, 0.2) is 5.25 Å². The summed E-state index contributed by atoms with van der Waals surface area (Å²) >= 11 is 0. The monoisotopic (exact) mass is 276 g/mol. The van der Waals surface area contributed by atoms with Crippen molar-refractivity contribution < 1.29 is 18.3 Å². The normalized spacial score (nSPS) is 33.8. The Morgan fingerprint density at radius 3 is 2.72 bits per heavy atom. The molecule has 0 aliphatic carbocycles. The van der Waals surface area contributed by atoms with Gasteiger partial charge in [0.1, 0.15) is 0 Å². The van der Waals surface area contributed by atoms with Crippen LogP contribution in [0.2, 0.25) is 0 Å². The minimum Gasteiger partial charge on any atom is -0.480 e. The van der Waals surface area contributed by atoms with E-state index in [4.69, 9.17) is 5.11 Å². The molecular weight excluding hydrogens is 256 g/mol. The second kappa shape index (κ2) is 5.54. The van der Waals surface area contributed by atoms with Crippen molar-refractivity contribution in [2.24, 2.45) is 0 Å². The number of nitrogens with zero attached hydrogens (tertiary/aromatic N) is 1. The first-order chi connectivity index (χ1) is 8.53. The van der Waals surface area contributed by atoms with Gasteiger partial charge in [-0.05, 0) is 32.2 Å². The second-order valence-electron chi connectivity index (χ2n) is 4.98. The zero-order valence-electron chi connectivity index (χ0n) is 10.3. The van der Waals surface area contributed by atoms with E-state index in [-0.39, 0.29) is 12.5 Å². The number of carboxylic acid groups (broad SMARTS) is 1. The maximum atomic E-state index is 12.3. The summed E-state index contributed by atoms with van der Waals surface area (Å²) < 4.78 is 26.0. The van der Waals surface area contributed by atoms with E-state index in [0.29, 0.717) is 19.5 Å². The van der Waals surface area contributed by atoms with Crippen molar-refractivity contribution in [2.45, 2.75) is 43.4 Å². The molecular formula is C11H20N2O4S. The summed E-state index contributed by atoms with van der Waals surface area (Å²) in [5.41, 5.74) is 0. The van der Waals surface area contributed by atoms with Gasteiger partial charge in [-0.2, -0.15) is 4.31 Å². The Balaban J connectivity index is 2.18.